The van der Waals surface area contributed by atoms with Gasteiger partial charge in [0.1, 0.15) is 0 Å². The van der Waals surface area contributed by atoms with Gasteiger partial charge in [-0.15, -0.1) is 0 Å². The fraction of sp³-hybridized carbons (Fsp3) is 0.211. The summed E-state index contributed by atoms with van der Waals surface area (Å²) in [5, 5.41) is 2.69. The maximum atomic E-state index is 12.0. The van der Waals surface area contributed by atoms with Gasteiger partial charge in [-0.2, -0.15) is 0 Å². The van der Waals surface area contributed by atoms with Crippen molar-refractivity contribution in [3.05, 3.63) is 64.7 Å². The molecule has 0 aliphatic heterocycles. The molecule has 1 N–H and O–H groups in total. The molecule has 0 fully saturated rings. The molecule has 6 nitrogen and oxygen atoms in total. The standard InChI is InChI=1S/C19H19NO5/c1-12-7-8-16(13(2)9-12)20-17(21)11-25-19(23)15-6-4-5-14(10-15)18(22)24-3/h4-10H,11H2,1-3H3,(H,20,21). The average Bonchev–Trinajstić information content (AvgIpc) is 2.61. The summed E-state index contributed by atoms with van der Waals surface area (Å²) in [6.45, 7) is 3.42. The monoisotopic (exact) mass is 341 g/mol. The SMILES string of the molecule is COC(=O)c1cccc(C(=O)OCC(=O)Nc2ccc(C)cc2C)c1. The molecule has 0 radical (unpaired) electrons. The molecule has 0 aliphatic rings. The third-order valence-corrected chi connectivity index (χ3v) is 3.51. The van der Waals surface area contributed by atoms with Crippen LogP contribution in [-0.2, 0) is 14.3 Å². The van der Waals surface area contributed by atoms with Crippen molar-refractivity contribution in [1.82, 2.24) is 0 Å². The molecule has 130 valence electrons. The Balaban J connectivity index is 1.95. The number of methoxy groups -OCH3 is 1. The van der Waals surface area contributed by atoms with Crippen molar-refractivity contribution >= 4 is 23.5 Å². The largest absolute Gasteiger partial charge is 0.465 e. The number of ether oxygens (including phenoxy) is 2. The van der Waals surface area contributed by atoms with Crippen LogP contribution in [0.15, 0.2) is 42.5 Å². The van der Waals surface area contributed by atoms with Gasteiger partial charge in [0.25, 0.3) is 5.91 Å². The molecule has 25 heavy (non-hydrogen) atoms. The lowest BCUT2D eigenvalue weighted by Gasteiger charge is -2.10. The minimum atomic E-state index is -0.693. The van der Waals surface area contributed by atoms with Gasteiger partial charge in [0.2, 0.25) is 0 Å². The van der Waals surface area contributed by atoms with Gasteiger partial charge in [-0.3, -0.25) is 4.79 Å². The van der Waals surface area contributed by atoms with Crippen molar-refractivity contribution in [2.24, 2.45) is 0 Å². The molecule has 6 heteroatoms. The molecular formula is C19H19NO5. The van der Waals surface area contributed by atoms with Crippen LogP contribution in [0.1, 0.15) is 31.8 Å². The first kappa shape index (κ1) is 18.2. The number of carbonyl (C=O) groups excluding carboxylic acids is 3. The zero-order chi connectivity index (χ0) is 18.4. The van der Waals surface area contributed by atoms with Crippen molar-refractivity contribution in [3.8, 4) is 0 Å². The van der Waals surface area contributed by atoms with E-state index in [2.05, 4.69) is 10.1 Å². The summed E-state index contributed by atoms with van der Waals surface area (Å²) in [7, 11) is 1.25. The fourth-order valence-corrected chi connectivity index (χ4v) is 2.25. The Morgan fingerprint density at radius 2 is 1.64 bits per heavy atom. The summed E-state index contributed by atoms with van der Waals surface area (Å²) in [5.74, 6) is -1.69. The van der Waals surface area contributed by atoms with E-state index in [1.807, 2.05) is 26.0 Å². The third-order valence-electron chi connectivity index (χ3n) is 3.51. The number of hydrogen-bond donors (Lipinski definition) is 1. The molecule has 0 saturated heterocycles. The maximum absolute atomic E-state index is 12.0. The molecule has 0 atom stereocenters. The summed E-state index contributed by atoms with van der Waals surface area (Å²) in [6.07, 6.45) is 0. The first-order valence-electron chi connectivity index (χ1n) is 7.63. The number of amides is 1. The minimum Gasteiger partial charge on any atom is -0.465 e. The number of rotatable bonds is 5. The van der Waals surface area contributed by atoms with Crippen molar-refractivity contribution in [1.29, 1.82) is 0 Å². The van der Waals surface area contributed by atoms with Crippen LogP contribution in [0.5, 0.6) is 0 Å². The van der Waals surface area contributed by atoms with Crippen LogP contribution in [0.25, 0.3) is 0 Å². The lowest BCUT2D eigenvalue weighted by Crippen LogP contribution is -2.21. The van der Waals surface area contributed by atoms with Gasteiger partial charge in [-0.05, 0) is 43.7 Å². The second kappa shape index (κ2) is 8.10. The molecule has 0 spiro atoms. The number of anilines is 1. The van der Waals surface area contributed by atoms with E-state index < -0.39 is 24.5 Å². The highest BCUT2D eigenvalue weighted by Crippen LogP contribution is 2.16. The van der Waals surface area contributed by atoms with Crippen molar-refractivity contribution in [2.75, 3.05) is 19.0 Å². The van der Waals surface area contributed by atoms with Gasteiger partial charge in [0.05, 0.1) is 18.2 Å². The summed E-state index contributed by atoms with van der Waals surface area (Å²) in [4.78, 5) is 35.4. The Morgan fingerprint density at radius 3 is 2.28 bits per heavy atom. The molecular weight excluding hydrogens is 322 g/mol. The topological polar surface area (TPSA) is 81.7 Å². The number of aryl methyl sites for hydroxylation is 2. The molecule has 2 aromatic rings. The van der Waals surface area contributed by atoms with E-state index in [4.69, 9.17) is 4.74 Å². The normalized spacial score (nSPS) is 10.0. The van der Waals surface area contributed by atoms with E-state index in [0.29, 0.717) is 5.69 Å². The molecule has 2 rings (SSSR count). The fourth-order valence-electron chi connectivity index (χ4n) is 2.25. The van der Waals surface area contributed by atoms with Crippen LogP contribution < -0.4 is 5.32 Å². The van der Waals surface area contributed by atoms with Crippen molar-refractivity contribution in [2.45, 2.75) is 13.8 Å². The predicted octanol–water partition coefficient (Wildman–Crippen LogP) is 2.89. The first-order chi connectivity index (χ1) is 11.9. The predicted molar refractivity (Wildman–Crippen MR) is 92.6 cm³/mol. The molecule has 2 aromatic carbocycles. The lowest BCUT2D eigenvalue weighted by molar-refractivity contribution is -0.119. The quantitative estimate of drug-likeness (QED) is 0.846. The van der Waals surface area contributed by atoms with Crippen LogP contribution >= 0.6 is 0 Å². The van der Waals surface area contributed by atoms with E-state index in [1.54, 1.807) is 12.1 Å². The van der Waals surface area contributed by atoms with Crippen LogP contribution in [-0.4, -0.2) is 31.6 Å². The highest BCUT2D eigenvalue weighted by molar-refractivity contribution is 5.97. The summed E-state index contributed by atoms with van der Waals surface area (Å²) < 4.78 is 9.59. The van der Waals surface area contributed by atoms with Gasteiger partial charge < -0.3 is 14.8 Å². The van der Waals surface area contributed by atoms with Crippen molar-refractivity contribution < 1.29 is 23.9 Å². The summed E-state index contributed by atoms with van der Waals surface area (Å²) >= 11 is 0. The lowest BCUT2D eigenvalue weighted by atomic mass is 10.1. The summed E-state index contributed by atoms with van der Waals surface area (Å²) in [6, 6.07) is 11.5. The smallest absolute Gasteiger partial charge is 0.338 e. The Morgan fingerprint density at radius 1 is 0.960 bits per heavy atom. The zero-order valence-corrected chi connectivity index (χ0v) is 14.3. The Labute approximate surface area is 145 Å². The van der Waals surface area contributed by atoms with Gasteiger partial charge in [0.15, 0.2) is 6.61 Å². The number of esters is 2. The van der Waals surface area contributed by atoms with Crippen LogP contribution in [0.2, 0.25) is 0 Å². The zero-order valence-electron chi connectivity index (χ0n) is 14.3. The Bertz CT molecular complexity index is 813. The third kappa shape index (κ3) is 4.91. The number of hydrogen-bond acceptors (Lipinski definition) is 5. The van der Waals surface area contributed by atoms with E-state index in [9.17, 15) is 14.4 Å². The molecule has 1 amide bonds. The van der Waals surface area contributed by atoms with E-state index in [0.717, 1.165) is 11.1 Å². The molecule has 0 bridgehead atoms. The second-order valence-corrected chi connectivity index (χ2v) is 5.52. The minimum absolute atomic E-state index is 0.169. The second-order valence-electron chi connectivity index (χ2n) is 5.52. The first-order valence-corrected chi connectivity index (χ1v) is 7.63. The van der Waals surface area contributed by atoms with Gasteiger partial charge >= 0.3 is 11.9 Å². The Hall–Kier alpha value is -3.15. The highest BCUT2D eigenvalue weighted by Gasteiger charge is 2.14. The molecule has 0 saturated carbocycles. The van der Waals surface area contributed by atoms with E-state index in [1.165, 1.54) is 25.3 Å². The molecule has 0 unspecified atom stereocenters. The van der Waals surface area contributed by atoms with E-state index in [-0.39, 0.29) is 11.1 Å². The van der Waals surface area contributed by atoms with Crippen LogP contribution in [0, 0.1) is 13.8 Å². The van der Waals surface area contributed by atoms with E-state index >= 15 is 0 Å². The highest BCUT2D eigenvalue weighted by atomic mass is 16.5. The van der Waals surface area contributed by atoms with Gasteiger partial charge in [0, 0.05) is 5.69 Å². The number of nitrogens with one attached hydrogen (secondary N) is 1. The molecule has 0 aliphatic carbocycles. The maximum Gasteiger partial charge on any atom is 0.338 e. The van der Waals surface area contributed by atoms with Crippen molar-refractivity contribution in [3.63, 3.8) is 0 Å². The Kier molecular flexibility index (Phi) is 5.89. The molecule has 0 aromatic heterocycles. The average molecular weight is 341 g/mol. The van der Waals surface area contributed by atoms with Crippen LogP contribution in [0.3, 0.4) is 0 Å². The van der Waals surface area contributed by atoms with Gasteiger partial charge in [-0.1, -0.05) is 23.8 Å². The van der Waals surface area contributed by atoms with Crippen LogP contribution in [0.4, 0.5) is 5.69 Å². The molecule has 0 heterocycles. The number of benzene rings is 2. The summed E-state index contributed by atoms with van der Waals surface area (Å²) in [5.41, 5.74) is 3.08. The number of carbonyl (C=O) groups is 3. The van der Waals surface area contributed by atoms with Gasteiger partial charge in [-0.25, -0.2) is 9.59 Å².